The summed E-state index contributed by atoms with van der Waals surface area (Å²) in [7, 11) is 1.57. The molecule has 0 spiro atoms. The molecule has 0 fully saturated rings. The molecule has 0 aliphatic carbocycles. The molecule has 2 heterocycles. The first kappa shape index (κ1) is 11.3. The molecule has 7 heteroatoms. The maximum atomic E-state index is 5.06. The van der Waals surface area contributed by atoms with Crippen LogP contribution in [0.1, 0.15) is 11.7 Å². The van der Waals surface area contributed by atoms with E-state index in [0.29, 0.717) is 36.4 Å². The van der Waals surface area contributed by atoms with Crippen molar-refractivity contribution in [1.82, 2.24) is 20.1 Å². The first-order valence-electron chi connectivity index (χ1n) is 5.17. The summed E-state index contributed by atoms with van der Waals surface area (Å²) in [5.41, 5.74) is 0. The topological polar surface area (TPSA) is 86.0 Å². The van der Waals surface area contributed by atoms with Crippen molar-refractivity contribution >= 4 is 5.82 Å². The molecule has 2 aromatic heterocycles. The van der Waals surface area contributed by atoms with Gasteiger partial charge in [-0.2, -0.15) is 9.97 Å². The Bertz CT molecular complexity index is 472. The smallest absolute Gasteiger partial charge is 0.228 e. The second-order valence-corrected chi connectivity index (χ2v) is 3.35. The molecule has 7 nitrogen and oxygen atoms in total. The van der Waals surface area contributed by atoms with Crippen molar-refractivity contribution in [2.45, 2.75) is 13.3 Å². The average molecular weight is 235 g/mol. The monoisotopic (exact) mass is 235 g/mol. The van der Waals surface area contributed by atoms with Gasteiger partial charge in [0.15, 0.2) is 6.33 Å². The van der Waals surface area contributed by atoms with E-state index in [1.54, 1.807) is 13.2 Å². The molecule has 0 aromatic carbocycles. The van der Waals surface area contributed by atoms with Gasteiger partial charge in [0.05, 0.1) is 7.11 Å². The fourth-order valence-corrected chi connectivity index (χ4v) is 1.34. The lowest BCUT2D eigenvalue weighted by Crippen LogP contribution is -2.08. The van der Waals surface area contributed by atoms with Gasteiger partial charge in [-0.25, -0.2) is 4.98 Å². The maximum absolute atomic E-state index is 5.06. The highest BCUT2D eigenvalue weighted by atomic mass is 16.5. The van der Waals surface area contributed by atoms with Crippen molar-refractivity contribution in [3.63, 3.8) is 0 Å². The van der Waals surface area contributed by atoms with Crippen LogP contribution in [-0.2, 0) is 6.42 Å². The van der Waals surface area contributed by atoms with Gasteiger partial charge in [-0.1, -0.05) is 5.16 Å². The molecule has 2 rings (SSSR count). The SMILES string of the molecule is COc1cc(NCCc2ncno2)nc(C)n1. The lowest BCUT2D eigenvalue weighted by atomic mass is 10.4. The Balaban J connectivity index is 1.92. The molecule has 0 saturated heterocycles. The zero-order chi connectivity index (χ0) is 12.1. The molecule has 0 bridgehead atoms. The van der Waals surface area contributed by atoms with E-state index in [2.05, 4.69) is 25.4 Å². The summed E-state index contributed by atoms with van der Waals surface area (Å²) < 4.78 is 9.94. The Morgan fingerprint density at radius 1 is 1.41 bits per heavy atom. The molecule has 0 amide bonds. The minimum atomic E-state index is 0.540. The minimum absolute atomic E-state index is 0.540. The van der Waals surface area contributed by atoms with Crippen molar-refractivity contribution in [1.29, 1.82) is 0 Å². The van der Waals surface area contributed by atoms with Crippen molar-refractivity contribution < 1.29 is 9.26 Å². The highest BCUT2D eigenvalue weighted by Gasteiger charge is 2.03. The lowest BCUT2D eigenvalue weighted by Gasteiger charge is -2.06. The van der Waals surface area contributed by atoms with Gasteiger partial charge in [-0.05, 0) is 6.92 Å². The minimum Gasteiger partial charge on any atom is -0.481 e. The van der Waals surface area contributed by atoms with Gasteiger partial charge in [0.25, 0.3) is 0 Å². The van der Waals surface area contributed by atoms with E-state index >= 15 is 0 Å². The number of hydrogen-bond acceptors (Lipinski definition) is 7. The standard InChI is InChI=1S/C10H13N5O2/c1-7-14-8(5-10(15-7)16-2)11-4-3-9-12-6-13-17-9/h5-6H,3-4H2,1-2H3,(H,11,14,15). The number of hydrogen-bond donors (Lipinski definition) is 1. The van der Waals surface area contributed by atoms with Gasteiger partial charge in [0.2, 0.25) is 11.8 Å². The summed E-state index contributed by atoms with van der Waals surface area (Å²) in [5, 5.41) is 6.67. The summed E-state index contributed by atoms with van der Waals surface area (Å²) in [6, 6.07) is 1.74. The number of methoxy groups -OCH3 is 1. The first-order chi connectivity index (χ1) is 8.28. The summed E-state index contributed by atoms with van der Waals surface area (Å²) >= 11 is 0. The second-order valence-electron chi connectivity index (χ2n) is 3.35. The number of nitrogens with one attached hydrogen (secondary N) is 1. The molecule has 0 atom stereocenters. The Hall–Kier alpha value is -2.18. The molecule has 0 aliphatic heterocycles. The van der Waals surface area contributed by atoms with Crippen LogP contribution in [0.4, 0.5) is 5.82 Å². The van der Waals surface area contributed by atoms with Crippen LogP contribution in [0.25, 0.3) is 0 Å². The molecule has 90 valence electrons. The Labute approximate surface area is 98.2 Å². The normalized spacial score (nSPS) is 10.2. The molecular formula is C10H13N5O2. The summed E-state index contributed by atoms with van der Waals surface area (Å²) in [4.78, 5) is 12.3. The van der Waals surface area contributed by atoms with E-state index in [1.807, 2.05) is 6.92 Å². The summed E-state index contributed by atoms with van der Waals surface area (Å²) in [5.74, 6) is 2.51. The average Bonchev–Trinajstić information content (AvgIpc) is 2.81. The van der Waals surface area contributed by atoms with Gasteiger partial charge < -0.3 is 14.6 Å². The second kappa shape index (κ2) is 5.24. The van der Waals surface area contributed by atoms with Crippen LogP contribution < -0.4 is 10.1 Å². The Morgan fingerprint density at radius 2 is 2.29 bits per heavy atom. The van der Waals surface area contributed by atoms with Crippen LogP contribution >= 0.6 is 0 Å². The van der Waals surface area contributed by atoms with Gasteiger partial charge in [0, 0.05) is 19.0 Å². The number of rotatable bonds is 5. The molecule has 0 saturated carbocycles. The third kappa shape index (κ3) is 3.13. The van der Waals surface area contributed by atoms with Crippen LogP contribution in [0.3, 0.4) is 0 Å². The molecular weight excluding hydrogens is 222 g/mol. The number of ether oxygens (including phenoxy) is 1. The van der Waals surface area contributed by atoms with Crippen molar-refractivity contribution in [3.05, 3.63) is 24.1 Å². The first-order valence-corrected chi connectivity index (χ1v) is 5.17. The van der Waals surface area contributed by atoms with Crippen LogP contribution in [0.15, 0.2) is 16.9 Å². The number of anilines is 1. The number of aryl methyl sites for hydroxylation is 1. The van der Waals surface area contributed by atoms with Crippen molar-refractivity contribution in [3.8, 4) is 5.88 Å². The summed E-state index contributed by atoms with van der Waals surface area (Å²) in [6.07, 6.45) is 2.03. The largest absolute Gasteiger partial charge is 0.481 e. The van der Waals surface area contributed by atoms with E-state index in [4.69, 9.17) is 9.26 Å². The van der Waals surface area contributed by atoms with Gasteiger partial charge >= 0.3 is 0 Å². The molecule has 17 heavy (non-hydrogen) atoms. The van der Waals surface area contributed by atoms with Crippen LogP contribution in [0.5, 0.6) is 5.88 Å². The molecule has 2 aromatic rings. The van der Waals surface area contributed by atoms with E-state index in [9.17, 15) is 0 Å². The van der Waals surface area contributed by atoms with Crippen LogP contribution in [-0.4, -0.2) is 33.8 Å². The van der Waals surface area contributed by atoms with E-state index in [-0.39, 0.29) is 0 Å². The lowest BCUT2D eigenvalue weighted by molar-refractivity contribution is 0.379. The van der Waals surface area contributed by atoms with Crippen LogP contribution in [0, 0.1) is 6.92 Å². The highest BCUT2D eigenvalue weighted by molar-refractivity contribution is 5.38. The van der Waals surface area contributed by atoms with Gasteiger partial charge in [0.1, 0.15) is 11.6 Å². The quantitative estimate of drug-likeness (QED) is 0.821. The zero-order valence-electron chi connectivity index (χ0n) is 9.67. The van der Waals surface area contributed by atoms with E-state index in [1.165, 1.54) is 6.33 Å². The number of nitrogens with zero attached hydrogens (tertiary/aromatic N) is 4. The molecule has 0 aliphatic rings. The van der Waals surface area contributed by atoms with Crippen molar-refractivity contribution in [2.24, 2.45) is 0 Å². The third-order valence-electron chi connectivity index (χ3n) is 2.08. The molecule has 1 N–H and O–H groups in total. The zero-order valence-corrected chi connectivity index (χ0v) is 9.67. The Kier molecular flexibility index (Phi) is 3.49. The predicted octanol–water partition coefficient (Wildman–Crippen LogP) is 0.831. The predicted molar refractivity (Wildman–Crippen MR) is 59.8 cm³/mol. The highest BCUT2D eigenvalue weighted by Crippen LogP contribution is 2.12. The fraction of sp³-hybridized carbons (Fsp3) is 0.400. The molecule has 0 unspecified atom stereocenters. The Morgan fingerprint density at radius 3 is 3.00 bits per heavy atom. The number of aromatic nitrogens is 4. The summed E-state index contributed by atoms with van der Waals surface area (Å²) in [6.45, 7) is 2.47. The van der Waals surface area contributed by atoms with E-state index < -0.39 is 0 Å². The maximum Gasteiger partial charge on any atom is 0.228 e. The van der Waals surface area contributed by atoms with E-state index in [0.717, 1.165) is 0 Å². The third-order valence-corrected chi connectivity index (χ3v) is 2.08. The molecule has 0 radical (unpaired) electrons. The van der Waals surface area contributed by atoms with Crippen LogP contribution in [0.2, 0.25) is 0 Å². The van der Waals surface area contributed by atoms with Crippen molar-refractivity contribution in [2.75, 3.05) is 19.0 Å². The van der Waals surface area contributed by atoms with Gasteiger partial charge in [-0.3, -0.25) is 0 Å². The fourth-order valence-electron chi connectivity index (χ4n) is 1.34. The van der Waals surface area contributed by atoms with Gasteiger partial charge in [-0.15, -0.1) is 0 Å².